The van der Waals surface area contributed by atoms with E-state index in [2.05, 4.69) is 33.4 Å². The van der Waals surface area contributed by atoms with Crippen LogP contribution in [0, 0.1) is 5.92 Å². The molecule has 5 rings (SSSR count). The van der Waals surface area contributed by atoms with Crippen LogP contribution in [-0.2, 0) is 13.0 Å². The molecule has 1 N–H and O–H groups in total. The third kappa shape index (κ3) is 5.29. The van der Waals surface area contributed by atoms with Crippen LogP contribution in [0.3, 0.4) is 0 Å². The second-order valence-electron chi connectivity index (χ2n) is 9.02. The van der Waals surface area contributed by atoms with Crippen LogP contribution in [0.15, 0.2) is 67.0 Å². The van der Waals surface area contributed by atoms with Crippen molar-refractivity contribution in [3.63, 3.8) is 0 Å². The van der Waals surface area contributed by atoms with Gasteiger partial charge in [0, 0.05) is 30.2 Å². The summed E-state index contributed by atoms with van der Waals surface area (Å²) in [5, 5.41) is 8.44. The number of aromatic nitrogens is 3. The Morgan fingerprint density at radius 3 is 2.89 bits per heavy atom. The summed E-state index contributed by atoms with van der Waals surface area (Å²) in [6.45, 7) is 1.83. The number of carbonyl (C=O) groups is 1. The highest BCUT2D eigenvalue weighted by atomic mass is 16.5. The molecule has 1 aliphatic heterocycles. The SMILES string of the molecule is COc1ccc(C(=O)N2CCC[C@H](Cc3cccc4[nH]ncc34)CC2)cc1OCc1ccccn1. The summed E-state index contributed by atoms with van der Waals surface area (Å²) in [6.07, 6.45) is 7.74. The summed E-state index contributed by atoms with van der Waals surface area (Å²) in [4.78, 5) is 19.7. The Labute approximate surface area is 205 Å². The number of hydrogen-bond acceptors (Lipinski definition) is 5. The number of benzene rings is 2. The van der Waals surface area contributed by atoms with Crippen LogP contribution in [0.4, 0.5) is 0 Å². The number of methoxy groups -OCH3 is 1. The van der Waals surface area contributed by atoms with Gasteiger partial charge in [0.1, 0.15) is 6.61 Å². The molecule has 35 heavy (non-hydrogen) atoms. The molecule has 1 amide bonds. The second kappa shape index (κ2) is 10.6. The van der Waals surface area contributed by atoms with Crippen molar-refractivity contribution in [1.82, 2.24) is 20.1 Å². The number of ether oxygens (including phenoxy) is 2. The molecule has 3 heterocycles. The molecule has 180 valence electrons. The molecule has 7 heteroatoms. The quantitative estimate of drug-likeness (QED) is 0.410. The van der Waals surface area contributed by atoms with Crippen LogP contribution >= 0.6 is 0 Å². The number of H-pyrrole nitrogens is 1. The first-order chi connectivity index (χ1) is 17.2. The normalized spacial score (nSPS) is 16.1. The van der Waals surface area contributed by atoms with Crippen molar-refractivity contribution < 1.29 is 14.3 Å². The lowest BCUT2D eigenvalue weighted by molar-refractivity contribution is 0.0759. The molecule has 0 unspecified atom stereocenters. The molecule has 1 atom stereocenters. The zero-order valence-electron chi connectivity index (χ0n) is 19.9. The van der Waals surface area contributed by atoms with Crippen LogP contribution in [0.1, 0.15) is 40.9 Å². The van der Waals surface area contributed by atoms with Crippen molar-refractivity contribution in [3.05, 3.63) is 83.8 Å². The molecule has 7 nitrogen and oxygen atoms in total. The molecule has 1 aliphatic rings. The van der Waals surface area contributed by atoms with Crippen LogP contribution in [0.5, 0.6) is 11.5 Å². The standard InChI is InChI=1S/C28H30N4O3/c1-34-26-11-10-22(17-27(26)35-19-23-8-2-3-13-29-23)28(33)32-14-5-6-20(12-15-32)16-21-7-4-9-25-24(21)18-30-31-25/h2-4,7-11,13,17-18,20H,5-6,12,14-16,19H2,1H3,(H,30,31)/t20-/m0/s1. The molecule has 0 radical (unpaired) electrons. The molecule has 1 saturated heterocycles. The minimum atomic E-state index is 0.0351. The third-order valence-electron chi connectivity index (χ3n) is 6.73. The highest BCUT2D eigenvalue weighted by Crippen LogP contribution is 2.30. The lowest BCUT2D eigenvalue weighted by atomic mass is 9.91. The van der Waals surface area contributed by atoms with Crippen LogP contribution in [0.25, 0.3) is 10.9 Å². The maximum Gasteiger partial charge on any atom is 0.253 e. The Bertz CT molecular complexity index is 1290. The molecule has 1 fully saturated rings. The van der Waals surface area contributed by atoms with Crippen molar-refractivity contribution in [2.45, 2.75) is 32.3 Å². The molecular weight excluding hydrogens is 440 g/mol. The predicted molar refractivity (Wildman–Crippen MR) is 135 cm³/mol. The third-order valence-corrected chi connectivity index (χ3v) is 6.73. The van der Waals surface area contributed by atoms with Gasteiger partial charge in [-0.05, 0) is 73.6 Å². The molecule has 0 aliphatic carbocycles. The largest absolute Gasteiger partial charge is 0.493 e. The summed E-state index contributed by atoms with van der Waals surface area (Å²) in [6, 6.07) is 17.4. The highest BCUT2D eigenvalue weighted by Gasteiger charge is 2.23. The summed E-state index contributed by atoms with van der Waals surface area (Å²) < 4.78 is 11.4. The van der Waals surface area contributed by atoms with Crippen LogP contribution in [0.2, 0.25) is 0 Å². The lowest BCUT2D eigenvalue weighted by Gasteiger charge is -2.21. The van der Waals surface area contributed by atoms with Gasteiger partial charge >= 0.3 is 0 Å². The van der Waals surface area contributed by atoms with Crippen LogP contribution < -0.4 is 9.47 Å². The van der Waals surface area contributed by atoms with Gasteiger partial charge in [0.2, 0.25) is 0 Å². The Morgan fingerprint density at radius 1 is 1.09 bits per heavy atom. The maximum atomic E-state index is 13.4. The number of fused-ring (bicyclic) bond motifs is 1. The van der Waals surface area contributed by atoms with Crippen LogP contribution in [-0.4, -0.2) is 46.2 Å². The number of pyridine rings is 1. The summed E-state index contributed by atoms with van der Waals surface area (Å²) in [7, 11) is 1.60. The average molecular weight is 471 g/mol. The minimum absolute atomic E-state index is 0.0351. The Kier molecular flexibility index (Phi) is 6.93. The number of carbonyl (C=O) groups excluding carboxylic acids is 1. The fourth-order valence-corrected chi connectivity index (χ4v) is 4.83. The van der Waals surface area contributed by atoms with E-state index in [1.54, 1.807) is 25.4 Å². The lowest BCUT2D eigenvalue weighted by Crippen LogP contribution is -2.32. The summed E-state index contributed by atoms with van der Waals surface area (Å²) in [5.74, 6) is 1.72. The first-order valence-electron chi connectivity index (χ1n) is 12.1. The number of aromatic amines is 1. The Morgan fingerprint density at radius 2 is 2.03 bits per heavy atom. The van der Waals surface area contributed by atoms with Gasteiger partial charge in [0.05, 0.1) is 24.5 Å². The zero-order valence-corrected chi connectivity index (χ0v) is 19.9. The van der Waals surface area contributed by atoms with Gasteiger partial charge in [-0.15, -0.1) is 0 Å². The Hall–Kier alpha value is -3.87. The van der Waals surface area contributed by atoms with Crippen molar-refractivity contribution in [3.8, 4) is 11.5 Å². The topological polar surface area (TPSA) is 80.3 Å². The number of nitrogens with one attached hydrogen (secondary N) is 1. The first-order valence-corrected chi connectivity index (χ1v) is 12.1. The van der Waals surface area contributed by atoms with Gasteiger partial charge in [-0.25, -0.2) is 0 Å². The minimum Gasteiger partial charge on any atom is -0.493 e. The van der Waals surface area contributed by atoms with Crippen molar-refractivity contribution >= 4 is 16.8 Å². The van der Waals surface area contributed by atoms with Gasteiger partial charge in [-0.1, -0.05) is 18.2 Å². The summed E-state index contributed by atoms with van der Waals surface area (Å²) >= 11 is 0. The highest BCUT2D eigenvalue weighted by molar-refractivity contribution is 5.95. The van der Waals surface area contributed by atoms with Gasteiger partial charge in [0.15, 0.2) is 11.5 Å². The van der Waals surface area contributed by atoms with E-state index in [0.717, 1.165) is 50.0 Å². The van der Waals surface area contributed by atoms with E-state index in [-0.39, 0.29) is 5.91 Å². The molecule has 2 aromatic heterocycles. The molecular formula is C28H30N4O3. The average Bonchev–Trinajstić information content (AvgIpc) is 3.27. The zero-order chi connectivity index (χ0) is 24.0. The molecule has 4 aromatic rings. The molecule has 0 saturated carbocycles. The van der Waals surface area contributed by atoms with E-state index < -0.39 is 0 Å². The number of hydrogen-bond donors (Lipinski definition) is 1. The number of nitrogens with zero attached hydrogens (tertiary/aromatic N) is 3. The molecule has 2 aromatic carbocycles. The van der Waals surface area contributed by atoms with E-state index in [1.165, 1.54) is 10.9 Å². The van der Waals surface area contributed by atoms with Gasteiger partial charge < -0.3 is 14.4 Å². The second-order valence-corrected chi connectivity index (χ2v) is 9.02. The van der Waals surface area contributed by atoms with Crippen molar-refractivity contribution in [2.75, 3.05) is 20.2 Å². The van der Waals surface area contributed by atoms with E-state index in [0.29, 0.717) is 29.6 Å². The van der Waals surface area contributed by atoms with E-state index in [1.807, 2.05) is 35.4 Å². The van der Waals surface area contributed by atoms with Crippen molar-refractivity contribution in [1.29, 1.82) is 0 Å². The molecule has 0 spiro atoms. The van der Waals surface area contributed by atoms with Gasteiger partial charge in [0.25, 0.3) is 5.91 Å². The fraction of sp³-hybridized carbons (Fsp3) is 0.321. The number of rotatable bonds is 7. The molecule has 0 bridgehead atoms. The fourth-order valence-electron chi connectivity index (χ4n) is 4.83. The van der Waals surface area contributed by atoms with E-state index >= 15 is 0 Å². The van der Waals surface area contributed by atoms with E-state index in [9.17, 15) is 4.79 Å². The van der Waals surface area contributed by atoms with E-state index in [4.69, 9.17) is 9.47 Å². The monoisotopic (exact) mass is 470 g/mol. The number of likely N-dealkylation sites (tertiary alicyclic amines) is 1. The summed E-state index contributed by atoms with van der Waals surface area (Å²) in [5.41, 5.74) is 3.83. The number of amides is 1. The van der Waals surface area contributed by atoms with Crippen molar-refractivity contribution in [2.24, 2.45) is 5.92 Å². The van der Waals surface area contributed by atoms with Gasteiger partial charge in [-0.2, -0.15) is 5.10 Å². The predicted octanol–water partition coefficient (Wildman–Crippen LogP) is 5.03. The van der Waals surface area contributed by atoms with Gasteiger partial charge in [-0.3, -0.25) is 14.9 Å². The Balaban J connectivity index is 1.24. The first kappa shape index (κ1) is 22.9. The smallest absolute Gasteiger partial charge is 0.253 e. The maximum absolute atomic E-state index is 13.4.